The lowest BCUT2D eigenvalue weighted by atomic mass is 10.1. The van der Waals surface area contributed by atoms with Crippen molar-refractivity contribution in [3.8, 4) is 5.75 Å². The molecule has 0 spiro atoms. The number of hydrogen-bond donors (Lipinski definition) is 1. The molecule has 0 fully saturated rings. The van der Waals surface area contributed by atoms with Gasteiger partial charge in [-0.05, 0) is 50.6 Å². The molecular formula is C22H28N2O3S. The maximum atomic E-state index is 13.0. The summed E-state index contributed by atoms with van der Waals surface area (Å²) < 4.78 is 5.27. The Labute approximate surface area is 171 Å². The van der Waals surface area contributed by atoms with Gasteiger partial charge in [0, 0.05) is 18.0 Å². The summed E-state index contributed by atoms with van der Waals surface area (Å²) in [5.41, 5.74) is 2.10. The van der Waals surface area contributed by atoms with Gasteiger partial charge in [0.25, 0.3) is 0 Å². The molecule has 0 bridgehead atoms. The van der Waals surface area contributed by atoms with Gasteiger partial charge in [-0.25, -0.2) is 0 Å². The number of ether oxygens (including phenoxy) is 1. The minimum absolute atomic E-state index is 0.0767. The number of rotatable bonds is 9. The summed E-state index contributed by atoms with van der Waals surface area (Å²) in [5, 5.41) is 2.80. The largest absolute Gasteiger partial charge is 0.497 e. The highest BCUT2D eigenvalue weighted by Crippen LogP contribution is 2.21. The molecule has 5 nitrogen and oxygen atoms in total. The lowest BCUT2D eigenvalue weighted by molar-refractivity contribution is -0.138. The highest BCUT2D eigenvalue weighted by Gasteiger charge is 2.25. The fraction of sp³-hybridized carbons (Fsp3) is 0.364. The van der Waals surface area contributed by atoms with Crippen LogP contribution in [-0.4, -0.2) is 42.2 Å². The third-order valence-electron chi connectivity index (χ3n) is 4.39. The van der Waals surface area contributed by atoms with Crippen molar-refractivity contribution >= 4 is 23.6 Å². The molecule has 150 valence electrons. The number of hydrogen-bond acceptors (Lipinski definition) is 4. The van der Waals surface area contributed by atoms with Gasteiger partial charge >= 0.3 is 0 Å². The van der Waals surface area contributed by atoms with Gasteiger partial charge in [0.15, 0.2) is 0 Å². The van der Waals surface area contributed by atoms with E-state index in [1.54, 1.807) is 18.9 Å². The lowest BCUT2D eigenvalue weighted by Crippen LogP contribution is -2.48. The van der Waals surface area contributed by atoms with Crippen LogP contribution in [0.25, 0.3) is 0 Å². The first-order valence-corrected chi connectivity index (χ1v) is 10.3. The molecule has 0 radical (unpaired) electrons. The van der Waals surface area contributed by atoms with Gasteiger partial charge in [-0.1, -0.05) is 29.8 Å². The smallest absolute Gasteiger partial charge is 0.242 e. The molecule has 1 N–H and O–H groups in total. The standard InChI is InChI=1S/C22H28N2O3S/c1-5-23-22(26)17(3)24(14-18-7-6-8-19(13-18)27-4)21(25)15-28-20-11-9-16(2)10-12-20/h6-13,17H,5,14-15H2,1-4H3,(H,23,26)/t17-/m1/s1. The van der Waals surface area contributed by atoms with Gasteiger partial charge in [0.1, 0.15) is 11.8 Å². The van der Waals surface area contributed by atoms with Crippen molar-refractivity contribution in [2.75, 3.05) is 19.4 Å². The number of carbonyl (C=O) groups excluding carboxylic acids is 2. The average molecular weight is 401 g/mol. The van der Waals surface area contributed by atoms with Gasteiger partial charge < -0.3 is 15.0 Å². The predicted octanol–water partition coefficient (Wildman–Crippen LogP) is 3.65. The Bertz CT molecular complexity index is 793. The van der Waals surface area contributed by atoms with Crippen LogP contribution in [0.3, 0.4) is 0 Å². The van der Waals surface area contributed by atoms with Crippen LogP contribution in [0.1, 0.15) is 25.0 Å². The van der Waals surface area contributed by atoms with E-state index in [9.17, 15) is 9.59 Å². The summed E-state index contributed by atoms with van der Waals surface area (Å²) in [6.07, 6.45) is 0. The van der Waals surface area contributed by atoms with Gasteiger partial charge in [-0.3, -0.25) is 9.59 Å². The molecule has 1 atom stereocenters. The first kappa shape index (κ1) is 21.8. The van der Waals surface area contributed by atoms with Crippen molar-refractivity contribution < 1.29 is 14.3 Å². The predicted molar refractivity (Wildman–Crippen MR) is 114 cm³/mol. The van der Waals surface area contributed by atoms with Crippen LogP contribution < -0.4 is 10.1 Å². The van der Waals surface area contributed by atoms with E-state index >= 15 is 0 Å². The van der Waals surface area contributed by atoms with Crippen molar-refractivity contribution in [2.45, 2.75) is 38.3 Å². The molecule has 0 aliphatic heterocycles. The molecule has 0 heterocycles. The Morgan fingerprint density at radius 3 is 2.54 bits per heavy atom. The Morgan fingerprint density at radius 2 is 1.89 bits per heavy atom. The molecule has 0 aliphatic carbocycles. The molecule has 2 amide bonds. The SMILES string of the molecule is CCNC(=O)[C@@H](C)N(Cc1cccc(OC)c1)C(=O)CSc1ccc(C)cc1. The summed E-state index contributed by atoms with van der Waals surface area (Å²) in [5.74, 6) is 0.771. The fourth-order valence-corrected chi connectivity index (χ4v) is 3.52. The van der Waals surface area contributed by atoms with Crippen LogP contribution in [0, 0.1) is 6.92 Å². The summed E-state index contributed by atoms with van der Waals surface area (Å²) >= 11 is 1.48. The van der Waals surface area contributed by atoms with Crippen molar-refractivity contribution in [1.82, 2.24) is 10.2 Å². The molecule has 2 aromatic rings. The van der Waals surface area contributed by atoms with Crippen molar-refractivity contribution in [3.05, 3.63) is 59.7 Å². The zero-order valence-electron chi connectivity index (χ0n) is 16.9. The maximum absolute atomic E-state index is 13.0. The van der Waals surface area contributed by atoms with E-state index in [2.05, 4.69) is 5.32 Å². The normalized spacial score (nSPS) is 11.6. The van der Waals surface area contributed by atoms with Crippen LogP contribution in [0.5, 0.6) is 5.75 Å². The zero-order valence-corrected chi connectivity index (χ0v) is 17.7. The second-order valence-corrected chi connectivity index (χ2v) is 7.59. The van der Waals surface area contributed by atoms with E-state index in [1.165, 1.54) is 17.3 Å². The molecule has 0 unspecified atom stereocenters. The molecule has 28 heavy (non-hydrogen) atoms. The van der Waals surface area contributed by atoms with E-state index in [4.69, 9.17) is 4.74 Å². The Morgan fingerprint density at radius 1 is 1.18 bits per heavy atom. The molecule has 0 aromatic heterocycles. The Hall–Kier alpha value is -2.47. The number of amides is 2. The highest BCUT2D eigenvalue weighted by molar-refractivity contribution is 8.00. The van der Waals surface area contributed by atoms with Gasteiger partial charge in [0.05, 0.1) is 12.9 Å². The second-order valence-electron chi connectivity index (χ2n) is 6.55. The molecular weight excluding hydrogens is 372 g/mol. The molecule has 2 aromatic carbocycles. The number of aryl methyl sites for hydroxylation is 1. The second kappa shape index (κ2) is 10.8. The summed E-state index contributed by atoms with van der Waals surface area (Å²) in [6, 6.07) is 15.1. The molecule has 0 saturated heterocycles. The molecule has 0 aliphatic rings. The van der Waals surface area contributed by atoms with Crippen molar-refractivity contribution in [3.63, 3.8) is 0 Å². The number of methoxy groups -OCH3 is 1. The van der Waals surface area contributed by atoms with Gasteiger partial charge in [-0.2, -0.15) is 0 Å². The van der Waals surface area contributed by atoms with E-state index in [-0.39, 0.29) is 17.6 Å². The number of thioether (sulfide) groups is 1. The zero-order chi connectivity index (χ0) is 20.5. The van der Waals surface area contributed by atoms with Gasteiger partial charge in [0.2, 0.25) is 11.8 Å². The van der Waals surface area contributed by atoms with Crippen molar-refractivity contribution in [1.29, 1.82) is 0 Å². The van der Waals surface area contributed by atoms with Crippen LogP contribution >= 0.6 is 11.8 Å². The average Bonchev–Trinajstić information content (AvgIpc) is 2.71. The van der Waals surface area contributed by atoms with Crippen LogP contribution in [0.2, 0.25) is 0 Å². The van der Waals surface area contributed by atoms with E-state index in [0.717, 1.165) is 16.2 Å². The molecule has 6 heteroatoms. The lowest BCUT2D eigenvalue weighted by Gasteiger charge is -2.28. The molecule has 0 saturated carbocycles. The Kier molecular flexibility index (Phi) is 8.39. The third kappa shape index (κ3) is 6.30. The highest BCUT2D eigenvalue weighted by atomic mass is 32.2. The topological polar surface area (TPSA) is 58.6 Å². The van der Waals surface area contributed by atoms with E-state index in [0.29, 0.717) is 13.1 Å². The number of likely N-dealkylation sites (N-methyl/N-ethyl adjacent to an activating group) is 1. The summed E-state index contributed by atoms with van der Waals surface area (Å²) in [7, 11) is 1.61. The van der Waals surface area contributed by atoms with E-state index in [1.807, 2.05) is 62.4 Å². The van der Waals surface area contributed by atoms with Crippen LogP contribution in [0.4, 0.5) is 0 Å². The summed E-state index contributed by atoms with van der Waals surface area (Å²) in [4.78, 5) is 28.0. The monoisotopic (exact) mass is 400 g/mol. The summed E-state index contributed by atoms with van der Waals surface area (Å²) in [6.45, 7) is 6.54. The minimum atomic E-state index is -0.558. The van der Waals surface area contributed by atoms with Crippen LogP contribution in [-0.2, 0) is 16.1 Å². The number of nitrogens with zero attached hydrogens (tertiary/aromatic N) is 1. The van der Waals surface area contributed by atoms with Gasteiger partial charge in [-0.15, -0.1) is 11.8 Å². The number of nitrogens with one attached hydrogen (secondary N) is 1. The fourth-order valence-electron chi connectivity index (χ4n) is 2.73. The van der Waals surface area contributed by atoms with Crippen molar-refractivity contribution in [2.24, 2.45) is 0 Å². The first-order chi connectivity index (χ1) is 13.4. The Balaban J connectivity index is 2.14. The van der Waals surface area contributed by atoms with E-state index < -0.39 is 6.04 Å². The van der Waals surface area contributed by atoms with Crippen LogP contribution in [0.15, 0.2) is 53.4 Å². The first-order valence-electron chi connectivity index (χ1n) is 9.34. The number of carbonyl (C=O) groups is 2. The molecule has 2 rings (SSSR count). The maximum Gasteiger partial charge on any atom is 0.242 e. The third-order valence-corrected chi connectivity index (χ3v) is 5.39. The number of benzene rings is 2. The minimum Gasteiger partial charge on any atom is -0.497 e. The quantitative estimate of drug-likeness (QED) is 0.653.